The Morgan fingerprint density at radius 3 is 2.48 bits per heavy atom. The minimum atomic E-state index is -0.205. The van der Waals surface area contributed by atoms with Gasteiger partial charge in [-0.15, -0.1) is 0 Å². The average Bonchev–Trinajstić information content (AvgIpc) is 2.71. The molecular weight excluding hydrogens is 262 g/mol. The fraction of sp³-hybridized carbons (Fsp3) is 0.944. The maximum absolute atomic E-state index is 12.7. The molecule has 3 rings (SSSR count). The van der Waals surface area contributed by atoms with Crippen molar-refractivity contribution in [1.29, 1.82) is 0 Å². The van der Waals surface area contributed by atoms with Crippen LogP contribution in [0.25, 0.3) is 0 Å². The molecule has 1 aliphatic heterocycles. The molecular formula is C18H31NO2. The van der Waals surface area contributed by atoms with Gasteiger partial charge in [-0.1, -0.05) is 20.8 Å². The second-order valence-corrected chi connectivity index (χ2v) is 8.25. The van der Waals surface area contributed by atoms with Gasteiger partial charge in [0.2, 0.25) is 0 Å². The first-order valence-corrected chi connectivity index (χ1v) is 8.87. The Morgan fingerprint density at radius 2 is 1.95 bits per heavy atom. The minimum Gasteiger partial charge on any atom is -0.390 e. The van der Waals surface area contributed by atoms with Crippen molar-refractivity contribution in [1.82, 2.24) is 4.90 Å². The minimum absolute atomic E-state index is 0.205. The van der Waals surface area contributed by atoms with Crippen LogP contribution in [0.3, 0.4) is 0 Å². The van der Waals surface area contributed by atoms with Crippen LogP contribution in [0.15, 0.2) is 0 Å². The lowest BCUT2D eigenvalue weighted by atomic mass is 9.59. The van der Waals surface area contributed by atoms with Crippen molar-refractivity contribution >= 4 is 5.78 Å². The maximum Gasteiger partial charge on any atom is 0.150 e. The van der Waals surface area contributed by atoms with Crippen molar-refractivity contribution in [2.75, 3.05) is 19.6 Å². The molecule has 3 unspecified atom stereocenters. The zero-order chi connectivity index (χ0) is 15.2. The van der Waals surface area contributed by atoms with Crippen LogP contribution in [-0.2, 0) is 4.79 Å². The first-order valence-electron chi connectivity index (χ1n) is 8.87. The van der Waals surface area contributed by atoms with Gasteiger partial charge < -0.3 is 5.11 Å². The number of aliphatic hydroxyl groups is 1. The molecule has 1 N–H and O–H groups in total. The summed E-state index contributed by atoms with van der Waals surface area (Å²) >= 11 is 0. The molecule has 3 atom stereocenters. The summed E-state index contributed by atoms with van der Waals surface area (Å²) in [6.45, 7) is 8.93. The van der Waals surface area contributed by atoms with Gasteiger partial charge in [-0.05, 0) is 55.3 Å². The van der Waals surface area contributed by atoms with Gasteiger partial charge in [-0.3, -0.25) is 9.69 Å². The molecule has 120 valence electrons. The number of likely N-dealkylation sites (tertiary alicyclic amines) is 1. The van der Waals surface area contributed by atoms with Crippen LogP contribution >= 0.6 is 0 Å². The molecule has 3 nitrogen and oxygen atoms in total. The number of hydrogen-bond donors (Lipinski definition) is 1. The summed E-state index contributed by atoms with van der Waals surface area (Å²) in [6, 6.07) is 0. The van der Waals surface area contributed by atoms with Gasteiger partial charge in [0, 0.05) is 19.0 Å². The summed E-state index contributed by atoms with van der Waals surface area (Å²) in [5.74, 6) is 3.21. The number of Topliss-reactive ketones (excluding diaryl/α,β-unsaturated/α-hetero) is 1. The maximum atomic E-state index is 12.7. The van der Waals surface area contributed by atoms with Gasteiger partial charge in [-0.25, -0.2) is 0 Å². The highest BCUT2D eigenvalue weighted by Crippen LogP contribution is 2.58. The molecule has 0 aromatic carbocycles. The molecule has 0 spiro atoms. The van der Waals surface area contributed by atoms with E-state index in [1.54, 1.807) is 0 Å². The first-order chi connectivity index (χ1) is 9.94. The molecule has 0 aromatic rings. The SMILES string of the molecule is CCC1(C)C(C(=O)CN2CC(O)C2)CCC1C1CC(C)C1. The molecule has 0 aromatic heterocycles. The molecule has 0 radical (unpaired) electrons. The third-order valence-corrected chi connectivity index (χ3v) is 6.86. The summed E-state index contributed by atoms with van der Waals surface area (Å²) in [7, 11) is 0. The van der Waals surface area contributed by atoms with Crippen molar-refractivity contribution in [3.63, 3.8) is 0 Å². The normalized spacial score (nSPS) is 44.4. The fourth-order valence-corrected chi connectivity index (χ4v) is 5.37. The highest BCUT2D eigenvalue weighted by Gasteiger charge is 2.52. The molecule has 2 aliphatic carbocycles. The number of carbonyl (C=O) groups is 1. The van der Waals surface area contributed by atoms with E-state index in [4.69, 9.17) is 0 Å². The molecule has 3 fully saturated rings. The molecule has 1 heterocycles. The van der Waals surface area contributed by atoms with E-state index in [9.17, 15) is 9.90 Å². The topological polar surface area (TPSA) is 40.5 Å². The van der Waals surface area contributed by atoms with Gasteiger partial charge in [0.25, 0.3) is 0 Å². The molecule has 21 heavy (non-hydrogen) atoms. The summed E-state index contributed by atoms with van der Waals surface area (Å²) < 4.78 is 0. The number of ketones is 1. The zero-order valence-electron chi connectivity index (χ0n) is 13.8. The van der Waals surface area contributed by atoms with Crippen molar-refractivity contribution in [3.8, 4) is 0 Å². The zero-order valence-corrected chi connectivity index (χ0v) is 13.8. The number of aliphatic hydroxyl groups excluding tert-OH is 1. The van der Waals surface area contributed by atoms with Crippen LogP contribution < -0.4 is 0 Å². The van der Waals surface area contributed by atoms with Crippen molar-refractivity contribution in [3.05, 3.63) is 0 Å². The predicted molar refractivity (Wildman–Crippen MR) is 84.0 cm³/mol. The van der Waals surface area contributed by atoms with E-state index in [1.165, 1.54) is 19.3 Å². The van der Waals surface area contributed by atoms with Crippen molar-refractivity contribution in [2.45, 2.75) is 59.0 Å². The van der Waals surface area contributed by atoms with Gasteiger partial charge in [0.05, 0.1) is 12.6 Å². The Morgan fingerprint density at radius 1 is 1.29 bits per heavy atom. The third kappa shape index (κ3) is 2.68. The lowest BCUT2D eigenvalue weighted by Gasteiger charge is -2.46. The monoisotopic (exact) mass is 293 g/mol. The van der Waals surface area contributed by atoms with Gasteiger partial charge >= 0.3 is 0 Å². The van der Waals surface area contributed by atoms with Gasteiger partial charge in [-0.2, -0.15) is 0 Å². The quantitative estimate of drug-likeness (QED) is 0.847. The summed E-state index contributed by atoms with van der Waals surface area (Å²) in [6.07, 6.45) is 6.01. The predicted octanol–water partition coefficient (Wildman–Crippen LogP) is 2.72. The lowest BCUT2D eigenvalue weighted by molar-refractivity contribution is -0.131. The van der Waals surface area contributed by atoms with Crippen LogP contribution in [0, 0.1) is 29.1 Å². The number of hydrogen-bond acceptors (Lipinski definition) is 3. The van der Waals surface area contributed by atoms with E-state index in [0.29, 0.717) is 25.4 Å². The van der Waals surface area contributed by atoms with Crippen molar-refractivity contribution in [2.24, 2.45) is 29.1 Å². The summed E-state index contributed by atoms with van der Waals surface area (Å²) in [4.78, 5) is 14.8. The second kappa shape index (κ2) is 5.66. The number of carbonyl (C=O) groups excluding carboxylic acids is 1. The Bertz CT molecular complexity index is 398. The molecule has 1 saturated heterocycles. The van der Waals surface area contributed by atoms with E-state index in [2.05, 4.69) is 25.7 Å². The van der Waals surface area contributed by atoms with Crippen LogP contribution in [0.5, 0.6) is 0 Å². The van der Waals surface area contributed by atoms with Crippen LogP contribution in [0.2, 0.25) is 0 Å². The third-order valence-electron chi connectivity index (χ3n) is 6.86. The smallest absolute Gasteiger partial charge is 0.150 e. The van der Waals surface area contributed by atoms with E-state index in [1.807, 2.05) is 0 Å². The van der Waals surface area contributed by atoms with Crippen LogP contribution in [0.1, 0.15) is 52.9 Å². The van der Waals surface area contributed by atoms with Crippen LogP contribution in [-0.4, -0.2) is 41.5 Å². The molecule has 0 amide bonds. The van der Waals surface area contributed by atoms with E-state index < -0.39 is 0 Å². The summed E-state index contributed by atoms with van der Waals surface area (Å²) in [5, 5.41) is 9.37. The number of rotatable bonds is 5. The Labute approximate surface area is 129 Å². The molecule has 2 saturated carbocycles. The van der Waals surface area contributed by atoms with Gasteiger partial charge in [0.1, 0.15) is 5.78 Å². The number of β-amino-alcohol motifs (C(OH)–C–C–N with tert-alkyl or cyclic N) is 1. The highest BCUT2D eigenvalue weighted by molar-refractivity contribution is 5.84. The van der Waals surface area contributed by atoms with Gasteiger partial charge in [0.15, 0.2) is 0 Å². The molecule has 3 heteroatoms. The van der Waals surface area contributed by atoms with E-state index in [-0.39, 0.29) is 17.4 Å². The van der Waals surface area contributed by atoms with E-state index >= 15 is 0 Å². The molecule has 0 bridgehead atoms. The Kier molecular flexibility index (Phi) is 4.17. The second-order valence-electron chi connectivity index (χ2n) is 8.25. The fourth-order valence-electron chi connectivity index (χ4n) is 5.37. The standard InChI is InChI=1S/C18H31NO2/c1-4-18(3)15(13-7-12(2)8-13)5-6-16(18)17(21)11-19-9-14(20)10-19/h12-16,20H,4-11H2,1-3H3. The number of nitrogens with zero attached hydrogens (tertiary/aromatic N) is 1. The van der Waals surface area contributed by atoms with Crippen LogP contribution in [0.4, 0.5) is 0 Å². The molecule has 3 aliphatic rings. The Hall–Kier alpha value is -0.410. The average molecular weight is 293 g/mol. The Balaban J connectivity index is 1.63. The summed E-state index contributed by atoms with van der Waals surface area (Å²) in [5.41, 5.74) is 0.214. The first kappa shape index (κ1) is 15.5. The highest BCUT2D eigenvalue weighted by atomic mass is 16.3. The van der Waals surface area contributed by atoms with Crippen molar-refractivity contribution < 1.29 is 9.90 Å². The van der Waals surface area contributed by atoms with E-state index in [0.717, 1.165) is 30.6 Å². The lowest BCUT2D eigenvalue weighted by Crippen LogP contribution is -2.53. The largest absolute Gasteiger partial charge is 0.390 e.